The van der Waals surface area contributed by atoms with E-state index in [4.69, 9.17) is 14.6 Å². The van der Waals surface area contributed by atoms with E-state index in [0.717, 1.165) is 32.8 Å². The highest BCUT2D eigenvalue weighted by molar-refractivity contribution is 9.10. The van der Waals surface area contributed by atoms with Crippen molar-refractivity contribution in [1.82, 2.24) is 5.01 Å². The molecule has 0 amide bonds. The minimum Gasteiger partial charge on any atom is -0.497 e. The van der Waals surface area contributed by atoms with Gasteiger partial charge in [-0.2, -0.15) is 5.10 Å². The van der Waals surface area contributed by atoms with Crippen molar-refractivity contribution in [3.05, 3.63) is 93.7 Å². The fourth-order valence-corrected chi connectivity index (χ4v) is 4.28. The van der Waals surface area contributed by atoms with Gasteiger partial charge in [-0.25, -0.2) is 9.40 Å². The van der Waals surface area contributed by atoms with E-state index in [-0.39, 0.29) is 11.9 Å². The zero-order valence-electron chi connectivity index (χ0n) is 15.7. The number of methoxy groups -OCH3 is 1. The third-order valence-corrected chi connectivity index (χ3v) is 5.84. The SMILES string of the molecule is COc1ccc(C2=NN3[C@H](C2)c2cc(Br)ccc2O[C@@H]3c2ccccc2F)cc1. The molecule has 0 spiro atoms. The maximum Gasteiger partial charge on any atom is 0.216 e. The van der Waals surface area contributed by atoms with Crippen LogP contribution in [0, 0.1) is 5.82 Å². The predicted octanol–water partition coefficient (Wildman–Crippen LogP) is 5.84. The van der Waals surface area contributed by atoms with Gasteiger partial charge in [-0.3, -0.25) is 0 Å². The van der Waals surface area contributed by atoms with Gasteiger partial charge in [0, 0.05) is 16.5 Å². The Morgan fingerprint density at radius 3 is 2.62 bits per heavy atom. The van der Waals surface area contributed by atoms with Crippen molar-refractivity contribution in [3.63, 3.8) is 0 Å². The van der Waals surface area contributed by atoms with Gasteiger partial charge in [0.1, 0.15) is 17.3 Å². The topological polar surface area (TPSA) is 34.1 Å². The highest BCUT2D eigenvalue weighted by atomic mass is 79.9. The molecule has 146 valence electrons. The first kappa shape index (κ1) is 18.2. The van der Waals surface area contributed by atoms with Gasteiger partial charge in [0.25, 0.3) is 0 Å². The van der Waals surface area contributed by atoms with Crippen molar-refractivity contribution in [2.45, 2.75) is 18.7 Å². The fraction of sp³-hybridized carbons (Fsp3) is 0.174. The van der Waals surface area contributed by atoms with Gasteiger partial charge < -0.3 is 9.47 Å². The lowest BCUT2D eigenvalue weighted by atomic mass is 9.96. The van der Waals surface area contributed by atoms with Crippen molar-refractivity contribution in [2.75, 3.05) is 7.11 Å². The Bertz CT molecular complexity index is 1100. The van der Waals surface area contributed by atoms with Crippen LogP contribution in [-0.4, -0.2) is 17.8 Å². The molecule has 6 heteroatoms. The molecular weight excluding hydrogens is 435 g/mol. The van der Waals surface area contributed by atoms with Crippen LogP contribution in [0.4, 0.5) is 4.39 Å². The van der Waals surface area contributed by atoms with E-state index in [1.54, 1.807) is 19.2 Å². The van der Waals surface area contributed by atoms with E-state index in [1.165, 1.54) is 6.07 Å². The van der Waals surface area contributed by atoms with Crippen LogP contribution in [-0.2, 0) is 0 Å². The molecule has 0 saturated heterocycles. The standard InChI is InChI=1S/C23H18BrFN2O2/c1-28-16-9-6-14(7-10-16)20-13-21-18-12-15(24)8-11-22(18)29-23(27(21)26-20)17-4-2-3-5-19(17)25/h2-12,21,23H,13H2,1H3/t21-,23-/m1/s1. The summed E-state index contributed by atoms with van der Waals surface area (Å²) in [5.74, 6) is 1.26. The highest BCUT2D eigenvalue weighted by Crippen LogP contribution is 2.48. The molecule has 0 radical (unpaired) electrons. The first-order valence-electron chi connectivity index (χ1n) is 9.35. The number of hydrogen-bond donors (Lipinski definition) is 0. The number of rotatable bonds is 3. The molecule has 2 atom stereocenters. The number of hydrazone groups is 1. The Kier molecular flexibility index (Phi) is 4.51. The molecule has 4 nitrogen and oxygen atoms in total. The van der Waals surface area contributed by atoms with Gasteiger partial charge in [-0.05, 0) is 54.1 Å². The smallest absolute Gasteiger partial charge is 0.216 e. The molecule has 0 saturated carbocycles. The normalized spacial score (nSPS) is 19.8. The lowest BCUT2D eigenvalue weighted by Crippen LogP contribution is -2.34. The molecule has 0 aromatic heterocycles. The van der Waals surface area contributed by atoms with Crippen molar-refractivity contribution >= 4 is 21.6 Å². The van der Waals surface area contributed by atoms with Crippen LogP contribution in [0.25, 0.3) is 0 Å². The van der Waals surface area contributed by atoms with Gasteiger partial charge in [0.15, 0.2) is 0 Å². The summed E-state index contributed by atoms with van der Waals surface area (Å²) in [7, 11) is 1.65. The summed E-state index contributed by atoms with van der Waals surface area (Å²) >= 11 is 3.55. The lowest BCUT2D eigenvalue weighted by molar-refractivity contribution is -0.0212. The second-order valence-electron chi connectivity index (χ2n) is 7.05. The minimum absolute atomic E-state index is 0.0297. The Morgan fingerprint density at radius 2 is 1.86 bits per heavy atom. The summed E-state index contributed by atoms with van der Waals surface area (Å²) in [6.45, 7) is 0. The Morgan fingerprint density at radius 1 is 1.07 bits per heavy atom. The Labute approximate surface area is 176 Å². The van der Waals surface area contributed by atoms with Crippen LogP contribution in [0.1, 0.15) is 35.4 Å². The van der Waals surface area contributed by atoms with E-state index < -0.39 is 6.23 Å². The summed E-state index contributed by atoms with van der Waals surface area (Å²) in [4.78, 5) is 0. The zero-order chi connectivity index (χ0) is 20.0. The highest BCUT2D eigenvalue weighted by Gasteiger charge is 2.41. The largest absolute Gasteiger partial charge is 0.497 e. The summed E-state index contributed by atoms with van der Waals surface area (Å²) in [6, 6.07) is 20.4. The number of hydrogen-bond acceptors (Lipinski definition) is 4. The second-order valence-corrected chi connectivity index (χ2v) is 7.96. The van der Waals surface area contributed by atoms with Crippen LogP contribution in [0.2, 0.25) is 0 Å². The van der Waals surface area contributed by atoms with Gasteiger partial charge in [-0.1, -0.05) is 34.1 Å². The van der Waals surface area contributed by atoms with Gasteiger partial charge in [0.05, 0.1) is 24.4 Å². The summed E-state index contributed by atoms with van der Waals surface area (Å²) in [5, 5.41) is 6.75. The third-order valence-electron chi connectivity index (χ3n) is 5.35. The molecule has 0 N–H and O–H groups in total. The molecule has 3 aromatic carbocycles. The van der Waals surface area contributed by atoms with Gasteiger partial charge >= 0.3 is 0 Å². The molecule has 29 heavy (non-hydrogen) atoms. The number of halogens is 2. The van der Waals surface area contributed by atoms with Crippen LogP contribution in [0.15, 0.2) is 76.3 Å². The Hall–Kier alpha value is -2.86. The zero-order valence-corrected chi connectivity index (χ0v) is 17.3. The van der Waals surface area contributed by atoms with Crippen LogP contribution >= 0.6 is 15.9 Å². The monoisotopic (exact) mass is 452 g/mol. The Balaban J connectivity index is 1.59. The molecule has 0 bridgehead atoms. The summed E-state index contributed by atoms with van der Waals surface area (Å²) in [6.07, 6.45) is 0.0926. The van der Waals surface area contributed by atoms with E-state index in [0.29, 0.717) is 12.0 Å². The molecule has 0 fully saturated rings. The third kappa shape index (κ3) is 3.17. The van der Waals surface area contributed by atoms with Crippen molar-refractivity contribution in [2.24, 2.45) is 5.10 Å². The predicted molar refractivity (Wildman–Crippen MR) is 113 cm³/mol. The van der Waals surface area contributed by atoms with Gasteiger partial charge in [0.2, 0.25) is 6.23 Å². The van der Waals surface area contributed by atoms with Crippen molar-refractivity contribution in [3.8, 4) is 11.5 Å². The quantitative estimate of drug-likeness (QED) is 0.500. The number of fused-ring (bicyclic) bond motifs is 3. The fourth-order valence-electron chi connectivity index (χ4n) is 3.90. The van der Waals surface area contributed by atoms with Gasteiger partial charge in [-0.15, -0.1) is 0 Å². The maximum atomic E-state index is 14.6. The molecule has 5 rings (SSSR count). The van der Waals surface area contributed by atoms with Crippen molar-refractivity contribution in [1.29, 1.82) is 0 Å². The maximum absolute atomic E-state index is 14.6. The van der Waals surface area contributed by atoms with E-state index in [1.807, 2.05) is 47.5 Å². The minimum atomic E-state index is -0.620. The average molecular weight is 453 g/mol. The first-order valence-corrected chi connectivity index (χ1v) is 10.1. The summed E-state index contributed by atoms with van der Waals surface area (Å²) in [5.41, 5.74) is 3.48. The first-order chi connectivity index (χ1) is 14.1. The molecule has 2 aliphatic heterocycles. The molecule has 0 aliphatic carbocycles. The average Bonchev–Trinajstić information content (AvgIpc) is 3.20. The van der Waals surface area contributed by atoms with E-state index >= 15 is 0 Å². The van der Waals surface area contributed by atoms with E-state index in [9.17, 15) is 4.39 Å². The molecule has 3 aromatic rings. The molecule has 2 aliphatic rings. The molecule has 2 heterocycles. The van der Waals surface area contributed by atoms with Crippen LogP contribution in [0.5, 0.6) is 11.5 Å². The second kappa shape index (κ2) is 7.19. The number of benzene rings is 3. The number of ether oxygens (including phenoxy) is 2. The van der Waals surface area contributed by atoms with E-state index in [2.05, 4.69) is 22.0 Å². The molecule has 0 unspecified atom stereocenters. The molecular formula is C23H18BrFN2O2. The number of nitrogens with zero attached hydrogens (tertiary/aromatic N) is 2. The van der Waals surface area contributed by atoms with Crippen molar-refractivity contribution < 1.29 is 13.9 Å². The summed E-state index contributed by atoms with van der Waals surface area (Å²) < 4.78 is 27.1. The lowest BCUT2D eigenvalue weighted by Gasteiger charge is -2.38. The van der Waals surface area contributed by atoms with Crippen LogP contribution in [0.3, 0.4) is 0 Å². The van der Waals surface area contributed by atoms with Crippen LogP contribution < -0.4 is 9.47 Å².